The highest BCUT2D eigenvalue weighted by molar-refractivity contribution is 6.11. The maximum absolute atomic E-state index is 12.6. The molecule has 6 rings (SSSR count). The van der Waals surface area contributed by atoms with Gasteiger partial charge in [0.2, 0.25) is 17.7 Å². The number of likely N-dealkylation sites (N-methyl/N-ethyl adjacent to an activating group) is 1. The Morgan fingerprint density at radius 1 is 1.09 bits per heavy atom. The molecule has 3 aliphatic rings. The number of fused-ring (bicyclic) bond motifs is 2. The van der Waals surface area contributed by atoms with Crippen molar-refractivity contribution in [3.63, 3.8) is 0 Å². The predicted octanol–water partition coefficient (Wildman–Crippen LogP) is 3.36. The lowest BCUT2D eigenvalue weighted by Crippen LogP contribution is -2.55. The summed E-state index contributed by atoms with van der Waals surface area (Å²) in [5.74, 6) is 0.345. The molecule has 11 heteroatoms. The van der Waals surface area contributed by atoms with Gasteiger partial charge in [0.25, 0.3) is 0 Å². The molecular weight excluding hydrogens is 580 g/mol. The van der Waals surface area contributed by atoms with Crippen molar-refractivity contribution in [1.29, 1.82) is 10.5 Å². The molecule has 3 aromatic rings. The molecule has 11 nitrogen and oxygen atoms in total. The van der Waals surface area contributed by atoms with Gasteiger partial charge in [0.15, 0.2) is 0 Å². The van der Waals surface area contributed by atoms with Crippen molar-refractivity contribution in [3.8, 4) is 18.0 Å². The zero-order valence-corrected chi connectivity index (χ0v) is 26.1. The van der Waals surface area contributed by atoms with Gasteiger partial charge in [-0.1, -0.05) is 30.8 Å². The van der Waals surface area contributed by atoms with E-state index in [-0.39, 0.29) is 24.4 Å². The van der Waals surface area contributed by atoms with Crippen LogP contribution in [0.1, 0.15) is 46.3 Å². The summed E-state index contributed by atoms with van der Waals surface area (Å²) in [4.78, 5) is 38.4. The third-order valence-electron chi connectivity index (χ3n) is 9.59. The van der Waals surface area contributed by atoms with Gasteiger partial charge in [-0.25, -0.2) is 0 Å². The molecule has 2 aromatic carbocycles. The van der Waals surface area contributed by atoms with E-state index in [4.69, 9.17) is 15.5 Å². The van der Waals surface area contributed by atoms with E-state index in [2.05, 4.69) is 40.5 Å². The number of hydrogen-bond acceptors (Lipinski definition) is 9. The normalized spacial score (nSPS) is 19.8. The molecule has 1 aromatic heterocycles. The molecule has 236 valence electrons. The quantitative estimate of drug-likeness (QED) is 0.376. The van der Waals surface area contributed by atoms with Gasteiger partial charge >= 0.3 is 0 Å². The summed E-state index contributed by atoms with van der Waals surface area (Å²) in [5, 5.41) is 21.8. The summed E-state index contributed by atoms with van der Waals surface area (Å²) in [6, 6.07) is 16.0. The van der Waals surface area contributed by atoms with Gasteiger partial charge in [-0.15, -0.1) is 0 Å². The summed E-state index contributed by atoms with van der Waals surface area (Å²) in [6.07, 6.45) is 4.19. The molecule has 3 aliphatic heterocycles. The molecule has 0 bridgehead atoms. The highest BCUT2D eigenvalue weighted by atomic mass is 16.5. The smallest absolute Gasteiger partial charge is 0.249 e. The minimum atomic E-state index is -0.492. The van der Waals surface area contributed by atoms with Crippen LogP contribution in [0.2, 0.25) is 0 Å². The van der Waals surface area contributed by atoms with Gasteiger partial charge < -0.3 is 30.1 Å². The molecular formula is C35H38N8O3. The number of benzene rings is 2. The van der Waals surface area contributed by atoms with Crippen LogP contribution in [0.5, 0.6) is 5.88 Å². The Morgan fingerprint density at radius 2 is 1.89 bits per heavy atom. The Bertz CT molecular complexity index is 1770. The average molecular weight is 619 g/mol. The van der Waals surface area contributed by atoms with E-state index in [0.717, 1.165) is 52.8 Å². The van der Waals surface area contributed by atoms with Gasteiger partial charge in [-0.2, -0.15) is 15.5 Å². The van der Waals surface area contributed by atoms with Crippen molar-refractivity contribution in [2.75, 3.05) is 56.2 Å². The summed E-state index contributed by atoms with van der Waals surface area (Å²) >= 11 is 0. The number of ether oxygens (including phenoxy) is 1. The van der Waals surface area contributed by atoms with Crippen LogP contribution in [0.3, 0.4) is 0 Å². The van der Waals surface area contributed by atoms with Crippen molar-refractivity contribution in [3.05, 3.63) is 71.3 Å². The van der Waals surface area contributed by atoms with Crippen LogP contribution in [-0.4, -0.2) is 85.1 Å². The fourth-order valence-electron chi connectivity index (χ4n) is 7.17. The maximum Gasteiger partial charge on any atom is 0.249 e. The van der Waals surface area contributed by atoms with Crippen LogP contribution in [-0.2, 0) is 17.8 Å². The number of nitrogens with two attached hydrogens (primary N) is 1. The number of piperazine rings is 1. The second-order valence-corrected chi connectivity index (χ2v) is 12.2. The highest BCUT2D eigenvalue weighted by Crippen LogP contribution is 2.39. The number of pyridine rings is 1. The lowest BCUT2D eigenvalue weighted by Gasteiger charge is -2.42. The molecule has 2 atom stereocenters. The Labute approximate surface area is 269 Å². The first-order chi connectivity index (χ1) is 22.3. The maximum atomic E-state index is 12.6. The Morgan fingerprint density at radius 3 is 2.59 bits per heavy atom. The van der Waals surface area contributed by atoms with Gasteiger partial charge in [0.1, 0.15) is 24.1 Å². The lowest BCUT2D eigenvalue weighted by atomic mass is 9.93. The van der Waals surface area contributed by atoms with E-state index < -0.39 is 5.91 Å². The molecule has 2 amide bonds. The monoisotopic (exact) mass is 618 g/mol. The fourth-order valence-corrected chi connectivity index (χ4v) is 7.17. The number of anilines is 2. The van der Waals surface area contributed by atoms with Crippen molar-refractivity contribution < 1.29 is 14.3 Å². The van der Waals surface area contributed by atoms with E-state index in [0.29, 0.717) is 62.8 Å². The number of primary amides is 1. The molecule has 46 heavy (non-hydrogen) atoms. The molecule has 0 saturated carbocycles. The van der Waals surface area contributed by atoms with Crippen LogP contribution in [0.4, 0.5) is 11.5 Å². The Balaban J connectivity index is 1.42. The van der Waals surface area contributed by atoms with E-state index in [1.807, 2.05) is 30.3 Å². The van der Waals surface area contributed by atoms with E-state index in [9.17, 15) is 20.1 Å². The molecule has 0 aliphatic carbocycles. The molecule has 0 radical (unpaired) electrons. The standard InChI is InChI=1S/C35H38N8O3/c1-3-31(44)43-18-17-42(20-24(43)12-14-36)34-26-13-16-41(30-11-5-8-23-7-4-10-27(32(23)30)33(38)45)21-29(26)28(19-37)35(39-34)46-22-25-9-6-15-40(25)2/h3-5,7-8,10-11,24-25H,1,6,9,12-13,15-18,20-22H2,2H3,(H2,38,45)/t24-,25+/m1/s1. The highest BCUT2D eigenvalue weighted by Gasteiger charge is 2.35. The predicted molar refractivity (Wildman–Crippen MR) is 175 cm³/mol. The van der Waals surface area contributed by atoms with Crippen molar-refractivity contribution in [2.45, 2.75) is 44.3 Å². The molecule has 2 fully saturated rings. The first-order valence-corrected chi connectivity index (χ1v) is 15.7. The van der Waals surface area contributed by atoms with Crippen molar-refractivity contribution in [1.82, 2.24) is 14.8 Å². The van der Waals surface area contributed by atoms with Crippen LogP contribution in [0.15, 0.2) is 49.1 Å². The van der Waals surface area contributed by atoms with Crippen LogP contribution in [0, 0.1) is 22.7 Å². The lowest BCUT2D eigenvalue weighted by molar-refractivity contribution is -0.128. The number of nitriles is 2. The molecule has 0 unspecified atom stereocenters. The SMILES string of the molecule is C=CC(=O)N1CCN(c2nc(OC[C@@H]3CCCN3C)c(C#N)c3c2CCN(c2cccc4cccc(C(N)=O)c24)C3)C[C@H]1CC#N. The number of hydrogen-bond donors (Lipinski definition) is 1. The van der Waals surface area contributed by atoms with Crippen molar-refractivity contribution >= 4 is 34.1 Å². The summed E-state index contributed by atoms with van der Waals surface area (Å²) in [6.45, 7) is 7.48. The first-order valence-electron chi connectivity index (χ1n) is 15.7. The number of nitrogens with zero attached hydrogens (tertiary/aromatic N) is 7. The van der Waals surface area contributed by atoms with Crippen LogP contribution < -0.4 is 20.3 Å². The minimum absolute atomic E-state index is 0.184. The third kappa shape index (κ3) is 5.70. The van der Waals surface area contributed by atoms with E-state index >= 15 is 0 Å². The zero-order chi connectivity index (χ0) is 32.4. The van der Waals surface area contributed by atoms with Gasteiger partial charge in [0, 0.05) is 66.5 Å². The number of rotatable bonds is 8. The van der Waals surface area contributed by atoms with Crippen LogP contribution in [0.25, 0.3) is 10.8 Å². The average Bonchev–Trinajstić information content (AvgIpc) is 3.49. The minimum Gasteiger partial charge on any atom is -0.475 e. The molecule has 4 heterocycles. The summed E-state index contributed by atoms with van der Waals surface area (Å²) in [5.41, 5.74) is 9.35. The Hall–Kier alpha value is -5.13. The topological polar surface area (TPSA) is 143 Å². The number of carbonyl (C=O) groups excluding carboxylic acids is 2. The summed E-state index contributed by atoms with van der Waals surface area (Å²) in [7, 11) is 2.08. The first kappa shape index (κ1) is 30.9. The second-order valence-electron chi connectivity index (χ2n) is 12.2. The molecule has 2 N–H and O–H groups in total. The molecule has 2 saturated heterocycles. The number of amides is 2. The number of aromatic nitrogens is 1. The zero-order valence-electron chi connectivity index (χ0n) is 26.1. The largest absolute Gasteiger partial charge is 0.475 e. The number of likely N-dealkylation sites (tertiary alicyclic amines) is 1. The van der Waals surface area contributed by atoms with Crippen molar-refractivity contribution in [2.24, 2.45) is 5.73 Å². The third-order valence-corrected chi connectivity index (χ3v) is 9.59. The van der Waals surface area contributed by atoms with E-state index in [1.165, 1.54) is 6.08 Å². The Kier molecular flexibility index (Phi) is 8.78. The summed E-state index contributed by atoms with van der Waals surface area (Å²) < 4.78 is 6.38. The second kappa shape index (κ2) is 13.1. The number of carbonyl (C=O) groups is 2. The van der Waals surface area contributed by atoms with Crippen LogP contribution >= 0.6 is 0 Å². The van der Waals surface area contributed by atoms with Gasteiger partial charge in [0.05, 0.1) is 18.5 Å². The molecule has 0 spiro atoms. The van der Waals surface area contributed by atoms with Gasteiger partial charge in [-0.05, 0) is 56.4 Å². The van der Waals surface area contributed by atoms with E-state index in [1.54, 1.807) is 11.0 Å². The van der Waals surface area contributed by atoms with Gasteiger partial charge in [-0.3, -0.25) is 9.59 Å². The fraction of sp³-hybridized carbons (Fsp3) is 0.400.